The molecule has 0 unspecified atom stereocenters. The van der Waals surface area contributed by atoms with Crippen molar-refractivity contribution in [1.82, 2.24) is 4.72 Å². The van der Waals surface area contributed by atoms with Gasteiger partial charge in [-0.15, -0.1) is 11.3 Å². The molecule has 0 amide bonds. The third kappa shape index (κ3) is 4.82. The molecule has 0 bridgehead atoms. The summed E-state index contributed by atoms with van der Waals surface area (Å²) in [5.74, 6) is 0.725. The molecule has 0 aliphatic rings. The molecule has 1 heterocycles. The van der Waals surface area contributed by atoms with Gasteiger partial charge in [-0.25, -0.2) is 13.1 Å². The van der Waals surface area contributed by atoms with E-state index >= 15 is 0 Å². The Kier molecular flexibility index (Phi) is 5.98. The summed E-state index contributed by atoms with van der Waals surface area (Å²) in [7, 11) is -0.0168. The first kappa shape index (κ1) is 15.9. The van der Waals surface area contributed by atoms with Crippen molar-refractivity contribution in [3.05, 3.63) is 47.3 Å². The molecule has 0 spiro atoms. The fraction of sp³-hybridized carbons (Fsp3) is 0.231. The third-order valence-corrected chi connectivity index (χ3v) is 7.66. The van der Waals surface area contributed by atoms with Gasteiger partial charge < -0.3 is 0 Å². The highest BCUT2D eigenvalue weighted by Crippen LogP contribution is 2.30. The fourth-order valence-electron chi connectivity index (χ4n) is 1.41. The van der Waals surface area contributed by atoms with E-state index in [9.17, 15) is 8.42 Å². The number of thiophene rings is 1. The fourth-order valence-corrected chi connectivity index (χ4v) is 5.50. The Morgan fingerprint density at radius 2 is 1.95 bits per heavy atom. The lowest BCUT2D eigenvalue weighted by Gasteiger charge is -2.04. The van der Waals surface area contributed by atoms with Crippen LogP contribution in [0.4, 0.5) is 0 Å². The van der Waals surface area contributed by atoms with Crippen LogP contribution in [0.1, 0.15) is 5.56 Å². The van der Waals surface area contributed by atoms with Gasteiger partial charge in [0.05, 0.1) is 0 Å². The topological polar surface area (TPSA) is 46.2 Å². The Bertz CT molecular complexity index is 621. The van der Waals surface area contributed by atoms with Gasteiger partial charge in [-0.3, -0.25) is 0 Å². The first-order valence-electron chi connectivity index (χ1n) is 5.97. The van der Waals surface area contributed by atoms with Crippen LogP contribution in [0.5, 0.6) is 0 Å². The third-order valence-electron chi connectivity index (χ3n) is 2.41. The molecule has 7 heteroatoms. The lowest BCUT2D eigenvalue weighted by atomic mass is 10.2. The lowest BCUT2D eigenvalue weighted by molar-refractivity contribution is 0.586. The molecule has 2 aromatic rings. The smallest absolute Gasteiger partial charge is 0.210 e. The minimum absolute atomic E-state index is 0.369. The number of hydrogen-bond donors (Lipinski definition) is 1. The number of hydrogen-bond acceptors (Lipinski definition) is 5. The Labute approximate surface area is 131 Å². The van der Waals surface area contributed by atoms with Crippen LogP contribution in [0, 0.1) is 6.92 Å². The maximum atomic E-state index is 11.8. The quantitative estimate of drug-likeness (QED) is 0.613. The largest absolute Gasteiger partial charge is 0.250 e. The molecular formula is C13H15NO2S4. The number of nitrogens with one attached hydrogen (secondary N) is 1. The molecule has 1 N–H and O–H groups in total. The van der Waals surface area contributed by atoms with E-state index in [1.807, 2.05) is 0 Å². The van der Waals surface area contributed by atoms with Gasteiger partial charge in [0.15, 0.2) is 0 Å². The van der Waals surface area contributed by atoms with Crippen LogP contribution in [0.25, 0.3) is 0 Å². The van der Waals surface area contributed by atoms with E-state index in [1.54, 1.807) is 39.1 Å². The van der Waals surface area contributed by atoms with Gasteiger partial charge in [0.2, 0.25) is 10.0 Å². The van der Waals surface area contributed by atoms with Gasteiger partial charge >= 0.3 is 0 Å². The number of aryl methyl sites for hydroxylation is 1. The molecular weight excluding hydrogens is 330 g/mol. The van der Waals surface area contributed by atoms with Crippen molar-refractivity contribution in [2.75, 3.05) is 12.3 Å². The van der Waals surface area contributed by atoms with Crippen LogP contribution < -0.4 is 4.72 Å². The van der Waals surface area contributed by atoms with Crippen molar-refractivity contribution in [2.24, 2.45) is 0 Å². The summed E-state index contributed by atoms with van der Waals surface area (Å²) < 4.78 is 26.7. The molecule has 3 nitrogen and oxygen atoms in total. The van der Waals surface area contributed by atoms with Crippen molar-refractivity contribution in [3.63, 3.8) is 0 Å². The summed E-state index contributed by atoms with van der Waals surface area (Å²) in [5, 5.41) is 1.76. The minimum Gasteiger partial charge on any atom is -0.210 e. The molecule has 0 atom stereocenters. The maximum Gasteiger partial charge on any atom is 0.250 e. The van der Waals surface area contributed by atoms with Crippen LogP contribution in [0.2, 0.25) is 0 Å². The SMILES string of the molecule is Cc1ccc(SSCCNS(=O)(=O)c2cccs2)cc1. The molecule has 0 saturated heterocycles. The van der Waals surface area contributed by atoms with Gasteiger partial charge in [-0.2, -0.15) is 0 Å². The van der Waals surface area contributed by atoms with E-state index in [0.717, 1.165) is 5.75 Å². The second-order valence-corrected chi connectivity index (χ2v) is 9.48. The first-order valence-corrected chi connectivity index (χ1v) is 10.7. The Morgan fingerprint density at radius 1 is 1.20 bits per heavy atom. The maximum absolute atomic E-state index is 11.8. The van der Waals surface area contributed by atoms with E-state index in [2.05, 4.69) is 35.9 Å². The van der Waals surface area contributed by atoms with Crippen molar-refractivity contribution < 1.29 is 8.42 Å². The molecule has 0 aliphatic carbocycles. The van der Waals surface area contributed by atoms with Gasteiger partial charge in [-0.1, -0.05) is 45.4 Å². The van der Waals surface area contributed by atoms with Gasteiger partial charge in [-0.05, 0) is 30.5 Å². The summed E-state index contributed by atoms with van der Waals surface area (Å²) >= 11 is 1.23. The number of rotatable bonds is 7. The molecule has 0 fully saturated rings. The zero-order valence-corrected chi connectivity index (χ0v) is 14.2. The molecule has 108 valence electrons. The Balaban J connectivity index is 1.71. The second kappa shape index (κ2) is 7.51. The molecule has 0 radical (unpaired) electrons. The lowest BCUT2D eigenvalue weighted by Crippen LogP contribution is -2.25. The van der Waals surface area contributed by atoms with E-state index in [1.165, 1.54) is 21.8 Å². The second-order valence-electron chi connectivity index (χ2n) is 4.05. The minimum atomic E-state index is -3.32. The van der Waals surface area contributed by atoms with E-state index < -0.39 is 10.0 Å². The predicted octanol–water partition coefficient (Wildman–Crippen LogP) is 3.78. The summed E-state index contributed by atoms with van der Waals surface area (Å²) in [4.78, 5) is 1.18. The van der Waals surface area contributed by atoms with Gasteiger partial charge in [0, 0.05) is 17.2 Å². The van der Waals surface area contributed by atoms with Crippen LogP contribution >= 0.6 is 32.9 Å². The molecule has 1 aromatic heterocycles. The number of benzene rings is 1. The normalized spacial score (nSPS) is 11.7. The monoisotopic (exact) mass is 345 g/mol. The van der Waals surface area contributed by atoms with Crippen LogP contribution in [0.3, 0.4) is 0 Å². The molecule has 2 rings (SSSR count). The predicted molar refractivity (Wildman–Crippen MR) is 89.0 cm³/mol. The molecule has 0 saturated carbocycles. The van der Waals surface area contributed by atoms with Crippen LogP contribution in [-0.4, -0.2) is 20.7 Å². The van der Waals surface area contributed by atoms with Crippen molar-refractivity contribution in [1.29, 1.82) is 0 Å². The molecule has 20 heavy (non-hydrogen) atoms. The Morgan fingerprint density at radius 3 is 2.60 bits per heavy atom. The van der Waals surface area contributed by atoms with E-state index in [-0.39, 0.29) is 0 Å². The summed E-state index contributed by atoms with van der Waals surface area (Å²) in [6.45, 7) is 2.49. The average Bonchev–Trinajstić information content (AvgIpc) is 2.95. The highest BCUT2D eigenvalue weighted by atomic mass is 33.1. The highest BCUT2D eigenvalue weighted by Gasteiger charge is 2.13. The zero-order valence-electron chi connectivity index (χ0n) is 10.9. The summed E-state index contributed by atoms with van der Waals surface area (Å²) in [6.07, 6.45) is 0. The summed E-state index contributed by atoms with van der Waals surface area (Å²) in [5.41, 5.74) is 1.24. The summed E-state index contributed by atoms with van der Waals surface area (Å²) in [6, 6.07) is 11.6. The van der Waals surface area contributed by atoms with Crippen molar-refractivity contribution >= 4 is 42.9 Å². The van der Waals surface area contributed by atoms with Gasteiger partial charge in [0.25, 0.3) is 0 Å². The average molecular weight is 346 g/mol. The van der Waals surface area contributed by atoms with Crippen LogP contribution in [-0.2, 0) is 10.0 Å². The zero-order chi connectivity index (χ0) is 14.4. The van der Waals surface area contributed by atoms with Crippen molar-refractivity contribution in [2.45, 2.75) is 16.0 Å². The van der Waals surface area contributed by atoms with E-state index in [4.69, 9.17) is 0 Å². The molecule has 1 aromatic carbocycles. The Hall–Kier alpha value is -0.470. The van der Waals surface area contributed by atoms with E-state index in [0.29, 0.717) is 10.8 Å². The standard InChI is InChI=1S/C13H15NO2S4/c1-11-4-6-12(7-5-11)19-18-10-8-14-20(15,16)13-3-2-9-17-13/h2-7,9,14H,8,10H2,1H3. The van der Waals surface area contributed by atoms with Crippen LogP contribution in [0.15, 0.2) is 50.9 Å². The van der Waals surface area contributed by atoms with Crippen molar-refractivity contribution in [3.8, 4) is 0 Å². The van der Waals surface area contributed by atoms with Gasteiger partial charge in [0.1, 0.15) is 4.21 Å². The first-order chi connectivity index (χ1) is 9.58. The number of sulfonamides is 1. The highest BCUT2D eigenvalue weighted by molar-refractivity contribution is 8.76. The molecule has 0 aliphatic heterocycles.